The van der Waals surface area contributed by atoms with E-state index in [4.69, 9.17) is 0 Å². The lowest BCUT2D eigenvalue weighted by Gasteiger charge is -2.25. The van der Waals surface area contributed by atoms with Crippen LogP contribution in [0.3, 0.4) is 0 Å². The van der Waals surface area contributed by atoms with Crippen molar-refractivity contribution in [3.05, 3.63) is 54.1 Å². The topological polar surface area (TPSA) is 37.3 Å². The van der Waals surface area contributed by atoms with Gasteiger partial charge in [0, 0.05) is 17.4 Å². The fourth-order valence-electron chi connectivity index (χ4n) is 2.68. The molecule has 0 atom stereocenters. The molecule has 0 saturated carbocycles. The first-order valence-corrected chi connectivity index (χ1v) is 8.24. The van der Waals surface area contributed by atoms with Gasteiger partial charge in [0.2, 0.25) is 0 Å². The molecule has 2 aromatic carbocycles. The van der Waals surface area contributed by atoms with Crippen molar-refractivity contribution in [2.45, 2.75) is 46.0 Å². The van der Waals surface area contributed by atoms with Gasteiger partial charge in [-0.05, 0) is 43.4 Å². The zero-order valence-electron chi connectivity index (χ0n) is 14.5. The summed E-state index contributed by atoms with van der Waals surface area (Å²) in [6.45, 7) is 8.13. The summed E-state index contributed by atoms with van der Waals surface area (Å²) in [6.07, 6.45) is 1.47. The Bertz CT molecular complexity index is 669. The van der Waals surface area contributed by atoms with Gasteiger partial charge in [0.05, 0.1) is 0 Å². The predicted octanol–water partition coefficient (Wildman–Crippen LogP) is 5.34. The Hall–Kier alpha value is -2.09. The molecule has 2 rings (SSSR count). The highest BCUT2D eigenvalue weighted by Crippen LogP contribution is 2.35. The highest BCUT2D eigenvalue weighted by molar-refractivity contribution is 5.89. The number of benzene rings is 2. The maximum absolute atomic E-state index is 12.6. The van der Waals surface area contributed by atoms with Crippen LogP contribution in [0.4, 0.5) is 0 Å². The maximum Gasteiger partial charge on any atom is 0.142 e. The van der Waals surface area contributed by atoms with Crippen LogP contribution in [-0.4, -0.2) is 10.9 Å². The third kappa shape index (κ3) is 4.01. The molecule has 0 aliphatic carbocycles. The average Bonchev–Trinajstić information content (AvgIpc) is 2.53. The van der Waals surface area contributed by atoms with Crippen molar-refractivity contribution in [3.63, 3.8) is 0 Å². The van der Waals surface area contributed by atoms with E-state index in [2.05, 4.69) is 13.8 Å². The van der Waals surface area contributed by atoms with Gasteiger partial charge in [-0.1, -0.05) is 56.3 Å². The van der Waals surface area contributed by atoms with Crippen LogP contribution in [-0.2, 0) is 10.2 Å². The second-order valence-corrected chi connectivity index (χ2v) is 7.08. The van der Waals surface area contributed by atoms with Crippen LogP contribution in [0.25, 0.3) is 11.1 Å². The molecule has 0 aliphatic heterocycles. The van der Waals surface area contributed by atoms with E-state index < -0.39 is 5.41 Å². The number of ketones is 1. The monoisotopic (exact) mass is 310 g/mol. The summed E-state index contributed by atoms with van der Waals surface area (Å²) in [5.74, 6) is 0.958. The Labute approximate surface area is 139 Å². The van der Waals surface area contributed by atoms with Crippen LogP contribution < -0.4 is 0 Å². The number of carbonyl (C=O) groups excluding carboxylic acids is 1. The van der Waals surface area contributed by atoms with E-state index in [-0.39, 0.29) is 11.5 Å². The van der Waals surface area contributed by atoms with E-state index in [1.165, 1.54) is 0 Å². The number of hydrogen-bond donors (Lipinski definition) is 1. The number of phenolic OH excluding ortho intramolecular Hbond substituents is 1. The lowest BCUT2D eigenvalue weighted by Crippen LogP contribution is -2.29. The molecule has 0 aliphatic rings. The molecule has 0 unspecified atom stereocenters. The van der Waals surface area contributed by atoms with E-state index in [0.29, 0.717) is 12.3 Å². The molecule has 2 heteroatoms. The van der Waals surface area contributed by atoms with Crippen molar-refractivity contribution in [2.75, 3.05) is 0 Å². The molecule has 1 N–H and O–H groups in total. The third-order valence-electron chi connectivity index (χ3n) is 4.45. The summed E-state index contributed by atoms with van der Waals surface area (Å²) < 4.78 is 0. The average molecular weight is 310 g/mol. The van der Waals surface area contributed by atoms with Crippen molar-refractivity contribution >= 4 is 5.78 Å². The smallest absolute Gasteiger partial charge is 0.142 e. The molecule has 2 aromatic rings. The fourth-order valence-corrected chi connectivity index (χ4v) is 2.68. The summed E-state index contributed by atoms with van der Waals surface area (Å²) in [4.78, 5) is 12.6. The minimum atomic E-state index is -0.582. The molecule has 0 fully saturated rings. The highest BCUT2D eigenvalue weighted by Gasteiger charge is 2.29. The quantitative estimate of drug-likeness (QED) is 0.781. The first-order valence-electron chi connectivity index (χ1n) is 8.24. The molecule has 2 nitrogen and oxygen atoms in total. The molecular formula is C21H26O2. The standard InChI is InChI=1S/C21H26O2/c1-15(2)10-13-20(23)21(3,4)17-11-12-18(19(22)14-17)16-8-6-5-7-9-16/h5-9,11-12,14-15,22H,10,13H2,1-4H3. The molecule has 0 aromatic heterocycles. The predicted molar refractivity (Wildman–Crippen MR) is 95.6 cm³/mol. The fraction of sp³-hybridized carbons (Fsp3) is 0.381. The van der Waals surface area contributed by atoms with Crippen molar-refractivity contribution in [3.8, 4) is 16.9 Å². The van der Waals surface area contributed by atoms with Crippen LogP contribution in [0, 0.1) is 5.92 Å². The summed E-state index contributed by atoms with van der Waals surface area (Å²) in [5.41, 5.74) is 2.05. The number of aromatic hydroxyl groups is 1. The Morgan fingerprint density at radius 1 is 1.09 bits per heavy atom. The second kappa shape index (κ2) is 6.99. The summed E-state index contributed by atoms with van der Waals surface area (Å²) >= 11 is 0. The minimum absolute atomic E-state index is 0.220. The maximum atomic E-state index is 12.6. The molecule has 0 radical (unpaired) electrons. The molecule has 122 valence electrons. The van der Waals surface area contributed by atoms with Gasteiger partial charge in [-0.25, -0.2) is 0 Å². The highest BCUT2D eigenvalue weighted by atomic mass is 16.3. The number of carbonyl (C=O) groups is 1. The first kappa shape index (κ1) is 17.3. The number of phenols is 1. The van der Waals surface area contributed by atoms with Crippen molar-refractivity contribution < 1.29 is 9.90 Å². The zero-order valence-corrected chi connectivity index (χ0v) is 14.5. The lowest BCUT2D eigenvalue weighted by atomic mass is 9.78. The summed E-state index contributed by atoms with van der Waals surface area (Å²) in [5, 5.41) is 10.4. The van der Waals surface area contributed by atoms with E-state index in [0.717, 1.165) is 23.1 Å². The van der Waals surface area contributed by atoms with Gasteiger partial charge >= 0.3 is 0 Å². The van der Waals surface area contributed by atoms with Gasteiger partial charge in [-0.3, -0.25) is 4.79 Å². The Balaban J connectivity index is 2.27. The summed E-state index contributed by atoms with van der Waals surface area (Å²) in [6, 6.07) is 15.4. The zero-order chi connectivity index (χ0) is 17.0. The van der Waals surface area contributed by atoms with Crippen molar-refractivity contribution in [1.29, 1.82) is 0 Å². The molecular weight excluding hydrogens is 284 g/mol. The molecule has 0 heterocycles. The molecule has 0 saturated heterocycles. The molecule has 0 spiro atoms. The van der Waals surface area contributed by atoms with E-state index >= 15 is 0 Å². The second-order valence-electron chi connectivity index (χ2n) is 7.08. The number of rotatable bonds is 6. The Kier molecular flexibility index (Phi) is 5.25. The van der Waals surface area contributed by atoms with Gasteiger partial charge < -0.3 is 5.11 Å². The molecule has 0 bridgehead atoms. The number of hydrogen-bond acceptors (Lipinski definition) is 2. The van der Waals surface area contributed by atoms with Crippen molar-refractivity contribution in [1.82, 2.24) is 0 Å². The van der Waals surface area contributed by atoms with Gasteiger partial charge in [-0.15, -0.1) is 0 Å². The Morgan fingerprint density at radius 2 is 1.74 bits per heavy atom. The van der Waals surface area contributed by atoms with E-state index in [1.807, 2.05) is 56.3 Å². The Morgan fingerprint density at radius 3 is 2.30 bits per heavy atom. The van der Waals surface area contributed by atoms with Gasteiger partial charge in [-0.2, -0.15) is 0 Å². The van der Waals surface area contributed by atoms with Crippen LogP contribution in [0.1, 0.15) is 46.1 Å². The molecule has 23 heavy (non-hydrogen) atoms. The van der Waals surface area contributed by atoms with Gasteiger partial charge in [0.25, 0.3) is 0 Å². The van der Waals surface area contributed by atoms with Crippen molar-refractivity contribution in [2.24, 2.45) is 5.92 Å². The van der Waals surface area contributed by atoms with Gasteiger partial charge in [0.1, 0.15) is 11.5 Å². The van der Waals surface area contributed by atoms with Crippen LogP contribution >= 0.6 is 0 Å². The summed E-state index contributed by atoms with van der Waals surface area (Å²) in [7, 11) is 0. The van der Waals surface area contributed by atoms with Gasteiger partial charge in [0.15, 0.2) is 0 Å². The normalized spacial score (nSPS) is 11.7. The van der Waals surface area contributed by atoms with Crippen LogP contribution in [0.5, 0.6) is 5.75 Å². The molecule has 0 amide bonds. The van der Waals surface area contributed by atoms with E-state index in [1.54, 1.807) is 6.07 Å². The largest absolute Gasteiger partial charge is 0.507 e. The SMILES string of the molecule is CC(C)CCC(=O)C(C)(C)c1ccc(-c2ccccc2)c(O)c1. The van der Waals surface area contributed by atoms with Crippen LogP contribution in [0.2, 0.25) is 0 Å². The third-order valence-corrected chi connectivity index (χ3v) is 4.45. The van der Waals surface area contributed by atoms with Crippen LogP contribution in [0.15, 0.2) is 48.5 Å². The number of Topliss-reactive ketones (excluding diaryl/α,β-unsaturated/α-hetero) is 1. The van der Waals surface area contributed by atoms with E-state index in [9.17, 15) is 9.90 Å². The first-order chi connectivity index (χ1) is 10.8. The minimum Gasteiger partial charge on any atom is -0.507 e. The lowest BCUT2D eigenvalue weighted by molar-refractivity contribution is -0.123.